The Labute approximate surface area is 105 Å². The fourth-order valence-electron chi connectivity index (χ4n) is 3.68. The maximum absolute atomic E-state index is 6.76. The second kappa shape index (κ2) is 3.08. The average molecular weight is 265 g/mol. The second-order valence-electron chi connectivity index (χ2n) is 4.65. The third kappa shape index (κ3) is 0.849. The van der Waals surface area contributed by atoms with Gasteiger partial charge in [-0.25, -0.2) is 0 Å². The van der Waals surface area contributed by atoms with Crippen molar-refractivity contribution < 1.29 is 14.2 Å². The molecule has 2 bridgehead atoms. The van der Waals surface area contributed by atoms with Crippen LogP contribution in [0.4, 0.5) is 0 Å². The van der Waals surface area contributed by atoms with E-state index in [0.29, 0.717) is 22.6 Å². The van der Waals surface area contributed by atoms with Crippen molar-refractivity contribution in [3.05, 3.63) is 10.8 Å². The van der Waals surface area contributed by atoms with E-state index in [4.69, 9.17) is 37.4 Å². The zero-order valence-corrected chi connectivity index (χ0v) is 10.9. The number of fused-ring (bicyclic) bond motifs is 5. The molecule has 0 aliphatic heterocycles. The fraction of sp³-hybridized carbons (Fsp3) is 0.818. The molecule has 0 aromatic rings. The van der Waals surface area contributed by atoms with Gasteiger partial charge in [-0.2, -0.15) is 0 Å². The number of methoxy groups -OCH3 is 3. The molecule has 0 unspecified atom stereocenters. The molecule has 0 radical (unpaired) electrons. The molecule has 5 heteroatoms. The summed E-state index contributed by atoms with van der Waals surface area (Å²) in [7, 11) is 4.82. The van der Waals surface area contributed by atoms with Crippen LogP contribution in [0.5, 0.6) is 0 Å². The Morgan fingerprint density at radius 3 is 2.31 bits per heavy atom. The SMILES string of the molecule is COC1=C(Cl)[C@@H]2[C@@H]3C[C@@H]3[C@@]1(Cl)C2(OC)OC. The number of ether oxygens (including phenoxy) is 3. The molecular formula is C11H14Cl2O3. The molecule has 3 rings (SSSR count). The first-order valence-corrected chi connectivity index (χ1v) is 6.07. The van der Waals surface area contributed by atoms with Gasteiger partial charge < -0.3 is 14.2 Å². The molecule has 0 aromatic carbocycles. The first-order valence-electron chi connectivity index (χ1n) is 5.31. The summed E-state index contributed by atoms with van der Waals surface area (Å²) in [6, 6.07) is 0. The Balaban J connectivity index is 2.17. The molecule has 0 saturated heterocycles. The lowest BCUT2D eigenvalue weighted by molar-refractivity contribution is -0.234. The summed E-state index contributed by atoms with van der Waals surface area (Å²) in [4.78, 5) is -0.752. The van der Waals surface area contributed by atoms with E-state index in [-0.39, 0.29) is 5.92 Å². The van der Waals surface area contributed by atoms with Crippen LogP contribution in [0.15, 0.2) is 10.8 Å². The molecule has 3 nitrogen and oxygen atoms in total. The van der Waals surface area contributed by atoms with Gasteiger partial charge in [0.2, 0.25) is 5.79 Å². The summed E-state index contributed by atoms with van der Waals surface area (Å²) in [5.41, 5.74) is 0. The van der Waals surface area contributed by atoms with Crippen molar-refractivity contribution >= 4 is 23.2 Å². The van der Waals surface area contributed by atoms with E-state index >= 15 is 0 Å². The van der Waals surface area contributed by atoms with Gasteiger partial charge in [0.05, 0.1) is 18.1 Å². The minimum atomic E-state index is -0.857. The zero-order chi connectivity index (χ0) is 11.7. The minimum Gasteiger partial charge on any atom is -0.498 e. The molecule has 0 N–H and O–H groups in total. The molecule has 2 saturated carbocycles. The Bertz CT molecular complexity index is 377. The van der Waals surface area contributed by atoms with Gasteiger partial charge in [-0.3, -0.25) is 0 Å². The normalized spacial score (nSPS) is 47.2. The maximum Gasteiger partial charge on any atom is 0.202 e. The Kier molecular flexibility index (Phi) is 2.14. The number of rotatable bonds is 3. The van der Waals surface area contributed by atoms with E-state index in [9.17, 15) is 0 Å². The van der Waals surface area contributed by atoms with E-state index in [2.05, 4.69) is 0 Å². The average Bonchev–Trinajstić information content (AvgIpc) is 2.99. The fourth-order valence-corrected chi connectivity index (χ4v) is 4.97. The van der Waals surface area contributed by atoms with Crippen LogP contribution in [0.3, 0.4) is 0 Å². The molecule has 0 amide bonds. The number of hydrogen-bond acceptors (Lipinski definition) is 3. The smallest absolute Gasteiger partial charge is 0.202 e. The zero-order valence-electron chi connectivity index (χ0n) is 9.42. The largest absolute Gasteiger partial charge is 0.498 e. The Hall–Kier alpha value is 0.0400. The lowest BCUT2D eigenvalue weighted by Crippen LogP contribution is -2.53. The van der Waals surface area contributed by atoms with Crippen LogP contribution in [0.25, 0.3) is 0 Å². The highest BCUT2D eigenvalue weighted by molar-refractivity contribution is 6.35. The quantitative estimate of drug-likeness (QED) is 0.579. The summed E-state index contributed by atoms with van der Waals surface area (Å²) in [5.74, 6) is 0.620. The molecule has 4 atom stereocenters. The van der Waals surface area contributed by atoms with Crippen LogP contribution >= 0.6 is 23.2 Å². The van der Waals surface area contributed by atoms with Crippen molar-refractivity contribution in [2.75, 3.05) is 21.3 Å². The molecule has 3 aliphatic rings. The summed E-state index contributed by atoms with van der Waals surface area (Å²) in [6.07, 6.45) is 1.08. The van der Waals surface area contributed by atoms with Crippen LogP contribution in [-0.2, 0) is 14.2 Å². The van der Waals surface area contributed by atoms with Crippen LogP contribution in [0.1, 0.15) is 6.42 Å². The van der Waals surface area contributed by atoms with Crippen LogP contribution < -0.4 is 0 Å². The highest BCUT2D eigenvalue weighted by atomic mass is 35.5. The first kappa shape index (κ1) is 11.1. The predicted molar refractivity (Wildman–Crippen MR) is 60.3 cm³/mol. The molecule has 16 heavy (non-hydrogen) atoms. The summed E-state index contributed by atoms with van der Waals surface area (Å²) >= 11 is 13.1. The first-order chi connectivity index (χ1) is 7.58. The van der Waals surface area contributed by atoms with Gasteiger partial charge in [0.1, 0.15) is 5.76 Å². The van der Waals surface area contributed by atoms with Gasteiger partial charge in [-0.15, -0.1) is 11.6 Å². The molecule has 2 fully saturated rings. The van der Waals surface area contributed by atoms with E-state index in [0.717, 1.165) is 6.42 Å². The van der Waals surface area contributed by atoms with Gasteiger partial charge in [0, 0.05) is 14.2 Å². The van der Waals surface area contributed by atoms with Crippen LogP contribution in [0, 0.1) is 17.8 Å². The summed E-state index contributed by atoms with van der Waals surface area (Å²) in [6.45, 7) is 0. The van der Waals surface area contributed by atoms with Gasteiger partial charge in [-0.1, -0.05) is 11.6 Å². The topological polar surface area (TPSA) is 27.7 Å². The molecule has 0 aromatic heterocycles. The second-order valence-corrected chi connectivity index (χ2v) is 5.66. The Morgan fingerprint density at radius 2 is 1.88 bits per heavy atom. The monoisotopic (exact) mass is 264 g/mol. The van der Waals surface area contributed by atoms with E-state index in [1.807, 2.05) is 0 Å². The minimum absolute atomic E-state index is 0.0154. The van der Waals surface area contributed by atoms with E-state index in [1.165, 1.54) is 0 Å². The lowest BCUT2D eigenvalue weighted by atomic mass is 9.95. The third-order valence-electron chi connectivity index (χ3n) is 4.33. The summed E-state index contributed by atoms with van der Waals surface area (Å²) < 4.78 is 16.5. The van der Waals surface area contributed by atoms with E-state index < -0.39 is 10.7 Å². The van der Waals surface area contributed by atoms with Crippen molar-refractivity contribution in [1.29, 1.82) is 0 Å². The van der Waals surface area contributed by atoms with Crippen molar-refractivity contribution in [1.82, 2.24) is 0 Å². The van der Waals surface area contributed by atoms with Crippen molar-refractivity contribution in [2.45, 2.75) is 17.1 Å². The number of alkyl halides is 1. The van der Waals surface area contributed by atoms with Gasteiger partial charge >= 0.3 is 0 Å². The van der Waals surface area contributed by atoms with Gasteiger partial charge in [0.25, 0.3) is 0 Å². The highest BCUT2D eigenvalue weighted by Gasteiger charge is 2.83. The third-order valence-corrected chi connectivity index (χ3v) is 5.45. The highest BCUT2D eigenvalue weighted by Crippen LogP contribution is 2.77. The summed E-state index contributed by atoms with van der Waals surface area (Å²) in [5, 5.41) is 0.667. The molecule has 0 spiro atoms. The van der Waals surface area contributed by atoms with Crippen LogP contribution in [0.2, 0.25) is 0 Å². The Morgan fingerprint density at radius 1 is 1.25 bits per heavy atom. The van der Waals surface area contributed by atoms with E-state index in [1.54, 1.807) is 21.3 Å². The standard InChI is InChI=1S/C11H14Cl2O3/c1-14-9-8(12)7-5-4-6(5)10(9,13)11(7,15-2)16-3/h5-7H,4H2,1-3H3/t5-,6+,7+,10+/m1/s1. The maximum atomic E-state index is 6.76. The molecule has 90 valence electrons. The predicted octanol–water partition coefficient (Wildman–Crippen LogP) is 2.33. The molecule has 0 heterocycles. The van der Waals surface area contributed by atoms with Gasteiger partial charge in [-0.05, 0) is 18.3 Å². The van der Waals surface area contributed by atoms with Crippen molar-refractivity contribution in [3.8, 4) is 0 Å². The number of halogens is 2. The van der Waals surface area contributed by atoms with Gasteiger partial charge in [0.15, 0.2) is 4.87 Å². The van der Waals surface area contributed by atoms with Crippen molar-refractivity contribution in [3.63, 3.8) is 0 Å². The lowest BCUT2D eigenvalue weighted by Gasteiger charge is -2.39. The number of hydrogen-bond donors (Lipinski definition) is 0. The van der Waals surface area contributed by atoms with Crippen LogP contribution in [-0.4, -0.2) is 32.0 Å². The van der Waals surface area contributed by atoms with Crippen molar-refractivity contribution in [2.24, 2.45) is 17.8 Å². The molecule has 3 aliphatic carbocycles. The molecular weight excluding hydrogens is 251 g/mol.